The van der Waals surface area contributed by atoms with Crippen molar-refractivity contribution < 1.29 is 42.8 Å². The van der Waals surface area contributed by atoms with Gasteiger partial charge in [-0.05, 0) is 79.9 Å². The molecule has 0 aromatic rings. The third-order valence-electron chi connectivity index (χ3n) is 11.2. The van der Waals surface area contributed by atoms with Crippen molar-refractivity contribution in [2.75, 3.05) is 42.4 Å². The number of amides is 1. The van der Waals surface area contributed by atoms with Gasteiger partial charge < -0.3 is 38.6 Å². The molecule has 0 aromatic carbocycles. The zero-order valence-corrected chi connectivity index (χ0v) is 31.1. The first-order chi connectivity index (χ1) is 22.0. The number of hydrogen-bond donors (Lipinski definition) is 2. The molecule has 13 heteroatoms. The van der Waals surface area contributed by atoms with Crippen LogP contribution in [0.2, 0.25) is 0 Å². The van der Waals surface area contributed by atoms with E-state index in [1.165, 1.54) is 5.01 Å². The van der Waals surface area contributed by atoms with E-state index in [1.54, 1.807) is 35.1 Å². The minimum absolute atomic E-state index is 0.0150. The van der Waals surface area contributed by atoms with Crippen LogP contribution >= 0.6 is 0 Å². The van der Waals surface area contributed by atoms with Crippen LogP contribution in [0.25, 0.3) is 0 Å². The van der Waals surface area contributed by atoms with Crippen molar-refractivity contribution >= 4 is 17.8 Å². The van der Waals surface area contributed by atoms with E-state index in [4.69, 9.17) is 28.4 Å². The lowest BCUT2D eigenvalue weighted by molar-refractivity contribution is -0.299. The summed E-state index contributed by atoms with van der Waals surface area (Å²) in [6.07, 6.45) is -1.91. The molecule has 3 saturated heterocycles. The Morgan fingerprint density at radius 3 is 2.19 bits per heavy atom. The van der Waals surface area contributed by atoms with Gasteiger partial charge in [0.2, 0.25) is 0 Å². The predicted molar refractivity (Wildman–Crippen MR) is 176 cm³/mol. The Hall–Kier alpha value is -1.87. The van der Waals surface area contributed by atoms with Crippen LogP contribution in [0.1, 0.15) is 74.7 Å². The van der Waals surface area contributed by atoms with Gasteiger partial charge in [-0.3, -0.25) is 9.59 Å². The van der Waals surface area contributed by atoms with Crippen LogP contribution in [0.15, 0.2) is 0 Å². The number of esters is 1. The van der Waals surface area contributed by atoms with Gasteiger partial charge in [0.1, 0.15) is 18.1 Å². The lowest BCUT2D eigenvalue weighted by Crippen LogP contribution is -2.63. The number of Topliss-reactive ketones (excluding diaryl/α,β-unsaturated/α-hetero) is 1. The number of fused-ring (bicyclic) bond motifs is 1. The van der Waals surface area contributed by atoms with Gasteiger partial charge in [-0.25, -0.2) is 15.2 Å². The summed E-state index contributed by atoms with van der Waals surface area (Å²) in [5, 5.41) is 4.98. The first-order valence-corrected chi connectivity index (χ1v) is 17.1. The van der Waals surface area contributed by atoms with Gasteiger partial charge in [0.15, 0.2) is 17.7 Å². The summed E-state index contributed by atoms with van der Waals surface area (Å²) in [5.74, 6) is -3.16. The van der Waals surface area contributed by atoms with E-state index in [0.29, 0.717) is 12.8 Å². The fourth-order valence-electron chi connectivity index (χ4n) is 8.60. The first-order valence-electron chi connectivity index (χ1n) is 17.1. The summed E-state index contributed by atoms with van der Waals surface area (Å²) in [7, 11) is 10.8. The molecule has 3 rings (SSSR count). The molecule has 2 N–H and O–H groups in total. The molecule has 3 heterocycles. The lowest BCUT2D eigenvalue weighted by atomic mass is 9.71. The van der Waals surface area contributed by atoms with Crippen LogP contribution in [0.5, 0.6) is 0 Å². The molecule has 1 amide bonds. The van der Waals surface area contributed by atoms with Crippen molar-refractivity contribution in [1.29, 1.82) is 0 Å². The molecule has 3 aliphatic rings. The van der Waals surface area contributed by atoms with Crippen molar-refractivity contribution in [3.05, 3.63) is 0 Å². The molecule has 0 radical (unpaired) electrons. The van der Waals surface area contributed by atoms with Gasteiger partial charge in [0.05, 0.1) is 23.9 Å². The number of nitrogens with zero attached hydrogens (tertiary/aromatic N) is 2. The molecule has 14 atom stereocenters. The average molecular weight is 671 g/mol. The van der Waals surface area contributed by atoms with E-state index >= 15 is 0 Å². The Kier molecular flexibility index (Phi) is 13.3. The Labute approximate surface area is 282 Å². The second kappa shape index (κ2) is 15.8. The van der Waals surface area contributed by atoms with Crippen molar-refractivity contribution in [2.24, 2.45) is 23.7 Å². The molecule has 0 aromatic heterocycles. The number of ketones is 1. The molecular formula is C34H62N4O9. The molecule has 0 aliphatic carbocycles. The maximum absolute atomic E-state index is 14.2. The number of carbonyl (C=O) groups excluding carboxylic acids is 3. The van der Waals surface area contributed by atoms with E-state index in [2.05, 4.69) is 29.5 Å². The molecule has 272 valence electrons. The first kappa shape index (κ1) is 39.6. The third kappa shape index (κ3) is 7.66. The highest BCUT2D eigenvalue weighted by Crippen LogP contribution is 2.43. The molecule has 0 saturated carbocycles. The number of carbonyl (C=O) groups is 3. The number of hydrogen-bond acceptors (Lipinski definition) is 12. The highest BCUT2D eigenvalue weighted by Gasteiger charge is 2.60. The summed E-state index contributed by atoms with van der Waals surface area (Å²) in [4.78, 5) is 43.3. The molecule has 0 spiro atoms. The van der Waals surface area contributed by atoms with E-state index < -0.39 is 65.7 Å². The van der Waals surface area contributed by atoms with Gasteiger partial charge in [-0.2, -0.15) is 0 Å². The number of hydrazine groups is 1. The number of methoxy groups -OCH3 is 2. The molecule has 3 aliphatic heterocycles. The molecule has 0 bridgehead atoms. The SMILES string of the molecule is CC[C@H]1OC(=O)C(C)C(=O)C(C)C(OC2OC(C)CC(N(C)C)C2OC)C(C)(OC)CC(C)C(NC)C(C)C2N(NC)C(=O)OC21C. The van der Waals surface area contributed by atoms with Crippen LogP contribution in [-0.4, -0.2) is 130 Å². The second-order valence-electron chi connectivity index (χ2n) is 14.5. The van der Waals surface area contributed by atoms with Crippen molar-refractivity contribution in [1.82, 2.24) is 20.7 Å². The largest absolute Gasteiger partial charge is 0.458 e. The van der Waals surface area contributed by atoms with E-state index in [9.17, 15) is 14.4 Å². The summed E-state index contributed by atoms with van der Waals surface area (Å²) < 4.78 is 37.6. The minimum atomic E-state index is -1.19. The maximum atomic E-state index is 14.2. The Morgan fingerprint density at radius 1 is 1.04 bits per heavy atom. The summed E-state index contributed by atoms with van der Waals surface area (Å²) in [6, 6.07) is -0.660. The molecular weight excluding hydrogens is 608 g/mol. The van der Waals surface area contributed by atoms with Gasteiger partial charge in [-0.15, -0.1) is 0 Å². The topological polar surface area (TPSA) is 137 Å². The van der Waals surface area contributed by atoms with Crippen molar-refractivity contribution in [2.45, 2.75) is 135 Å². The van der Waals surface area contributed by atoms with Gasteiger partial charge >= 0.3 is 12.1 Å². The normalized spacial score (nSPS) is 44.1. The maximum Gasteiger partial charge on any atom is 0.425 e. The van der Waals surface area contributed by atoms with Crippen LogP contribution < -0.4 is 10.7 Å². The standard InChI is InChI=1S/C34H62N4O9/c1-15-24-34(8)28(38(36-10)32(41)47-34)20(4)25(35-9)18(2)17-33(7,43-14)29(21(5)26(39)22(6)30(40)45-24)46-31-27(42-13)23(37(11)12)16-19(3)44-31/h18-25,27-29,31,35-36H,15-17H2,1-14H3/t18?,19?,20?,21?,22?,23?,24-,25?,27?,28?,29?,31?,33?,34?/m1/s1. The van der Waals surface area contributed by atoms with Crippen LogP contribution in [-0.2, 0) is 38.0 Å². The summed E-state index contributed by atoms with van der Waals surface area (Å²) in [6.45, 7) is 15.2. The quantitative estimate of drug-likeness (QED) is 0.290. The zero-order valence-electron chi connectivity index (χ0n) is 31.1. The third-order valence-corrected chi connectivity index (χ3v) is 11.2. The minimum Gasteiger partial charge on any atom is -0.458 e. The number of likely N-dealkylation sites (N-methyl/N-ethyl adjacent to an activating group) is 1. The number of cyclic esters (lactones) is 1. The molecule has 3 fully saturated rings. The highest BCUT2D eigenvalue weighted by atomic mass is 16.7. The summed E-state index contributed by atoms with van der Waals surface area (Å²) >= 11 is 0. The second-order valence-corrected chi connectivity index (χ2v) is 14.5. The summed E-state index contributed by atoms with van der Waals surface area (Å²) in [5.41, 5.74) is 0.806. The average Bonchev–Trinajstić information content (AvgIpc) is 3.29. The number of nitrogens with one attached hydrogen (secondary N) is 2. The monoisotopic (exact) mass is 670 g/mol. The van der Waals surface area contributed by atoms with Crippen molar-refractivity contribution in [3.63, 3.8) is 0 Å². The lowest BCUT2D eigenvalue weighted by Gasteiger charge is -2.49. The molecule has 13 unspecified atom stereocenters. The zero-order chi connectivity index (χ0) is 35.6. The van der Waals surface area contributed by atoms with E-state index in [1.807, 2.05) is 48.8 Å². The Morgan fingerprint density at radius 2 is 1.68 bits per heavy atom. The molecule has 47 heavy (non-hydrogen) atoms. The fourth-order valence-corrected chi connectivity index (χ4v) is 8.60. The predicted octanol–water partition coefficient (Wildman–Crippen LogP) is 3.00. The van der Waals surface area contributed by atoms with Crippen LogP contribution in [0.3, 0.4) is 0 Å². The number of rotatable bonds is 8. The Bertz CT molecular complexity index is 1100. The van der Waals surface area contributed by atoms with Gasteiger partial charge in [0.25, 0.3) is 0 Å². The van der Waals surface area contributed by atoms with Crippen molar-refractivity contribution in [3.8, 4) is 0 Å². The molecule has 13 nitrogen and oxygen atoms in total. The van der Waals surface area contributed by atoms with E-state index in [-0.39, 0.29) is 35.8 Å². The Balaban J connectivity index is 2.17. The van der Waals surface area contributed by atoms with Crippen LogP contribution in [0, 0.1) is 23.7 Å². The van der Waals surface area contributed by atoms with Crippen LogP contribution in [0.4, 0.5) is 4.79 Å². The highest BCUT2D eigenvalue weighted by molar-refractivity contribution is 6.00. The fraction of sp³-hybridized carbons (Fsp3) is 0.912. The van der Waals surface area contributed by atoms with Gasteiger partial charge in [-0.1, -0.05) is 27.7 Å². The number of ether oxygens (including phenoxy) is 6. The van der Waals surface area contributed by atoms with E-state index in [0.717, 1.165) is 6.42 Å². The smallest absolute Gasteiger partial charge is 0.425 e. The van der Waals surface area contributed by atoms with Gasteiger partial charge in [0, 0.05) is 39.3 Å².